The summed E-state index contributed by atoms with van der Waals surface area (Å²) in [6.45, 7) is 18.8. The van der Waals surface area contributed by atoms with Crippen LogP contribution < -0.4 is 34.8 Å². The fraction of sp³-hybridized carbons (Fsp3) is 0.463. The second kappa shape index (κ2) is 17.9. The lowest BCUT2D eigenvalue weighted by Crippen LogP contribution is -2.54. The minimum atomic E-state index is -1.07. The van der Waals surface area contributed by atoms with E-state index in [0.717, 1.165) is 50.8 Å². The van der Waals surface area contributed by atoms with Gasteiger partial charge in [0.25, 0.3) is 5.91 Å². The number of piperazine rings is 1. The van der Waals surface area contributed by atoms with E-state index in [4.69, 9.17) is 42.1 Å². The van der Waals surface area contributed by atoms with Gasteiger partial charge in [-0.2, -0.15) is 0 Å². The number of methoxy groups -OCH3 is 2. The Morgan fingerprint density at radius 3 is 2.10 bits per heavy atom. The monoisotopic (exact) mass is 854 g/mol. The quantitative estimate of drug-likeness (QED) is 0.168. The first-order chi connectivity index (χ1) is 27.7. The molecule has 2 aliphatic rings. The normalized spacial score (nSPS) is 14.9. The van der Waals surface area contributed by atoms with E-state index in [1.54, 1.807) is 47.6 Å². The van der Waals surface area contributed by atoms with Crippen molar-refractivity contribution < 1.29 is 38.1 Å². The highest BCUT2D eigenvalue weighted by Crippen LogP contribution is 2.47. The molecule has 0 atom stereocenters. The summed E-state index contributed by atoms with van der Waals surface area (Å²) < 4.78 is 22.2. The highest BCUT2D eigenvalue weighted by Gasteiger charge is 2.50. The second-order valence-corrected chi connectivity index (χ2v) is 16.8. The van der Waals surface area contributed by atoms with E-state index in [9.17, 15) is 19.2 Å². The average Bonchev–Trinajstić information content (AvgIpc) is 3.93. The van der Waals surface area contributed by atoms with E-state index < -0.39 is 41.7 Å². The molecule has 318 valence electrons. The summed E-state index contributed by atoms with van der Waals surface area (Å²) in [7, 11) is 2.71. The molecule has 3 aromatic rings. The molecule has 1 aromatic heterocycles. The summed E-state index contributed by atoms with van der Waals surface area (Å²) in [5, 5.41) is 5.48. The lowest BCUT2D eigenvalue weighted by atomic mass is 10.1. The van der Waals surface area contributed by atoms with Gasteiger partial charge in [-0.25, -0.2) is 29.4 Å². The SMILES string of the molecule is C=CC(=O)Nc1cc(N2CCN(CC)C3(CC3)C2)ccc1N(C(=O)OC(C)(C)C)c1cc(NCC(=O)N(C(=O)OC(C)(C)C)c2c(Cl)c(OC)cc(OC)c2Cl)ncn1. The minimum Gasteiger partial charge on any atom is -0.495 e. The van der Waals surface area contributed by atoms with E-state index in [0.29, 0.717) is 10.6 Å². The van der Waals surface area contributed by atoms with Gasteiger partial charge in [-0.3, -0.25) is 14.5 Å². The first-order valence-corrected chi connectivity index (χ1v) is 19.8. The van der Waals surface area contributed by atoms with Gasteiger partial charge < -0.3 is 34.5 Å². The third-order valence-electron chi connectivity index (χ3n) is 9.51. The van der Waals surface area contributed by atoms with Crippen LogP contribution in [-0.2, 0) is 19.1 Å². The fourth-order valence-corrected chi connectivity index (χ4v) is 7.34. The molecule has 0 bridgehead atoms. The van der Waals surface area contributed by atoms with E-state index >= 15 is 0 Å². The van der Waals surface area contributed by atoms with Crippen LogP contribution in [-0.4, -0.2) is 103 Å². The minimum absolute atomic E-state index is 0.0344. The molecule has 1 aliphatic heterocycles. The number of hydrogen-bond donors (Lipinski definition) is 2. The van der Waals surface area contributed by atoms with Crippen molar-refractivity contribution in [1.29, 1.82) is 0 Å². The fourth-order valence-electron chi connectivity index (χ4n) is 6.67. The highest BCUT2D eigenvalue weighted by molar-refractivity contribution is 6.43. The molecule has 1 saturated carbocycles. The van der Waals surface area contributed by atoms with Gasteiger partial charge in [-0.05, 0) is 85.2 Å². The third-order valence-corrected chi connectivity index (χ3v) is 10.2. The Bertz CT molecular complexity index is 2070. The standard InChI is InChI=1S/C41H52Cl2N8O8/c1-11-32(52)47-26-19-25(48-17-18-49(12-2)41(23-48)15-16-41)13-14-27(26)50(37(54)58-39(3,4)5)31-21-30(45-24-46-31)44-22-33(53)51(38(55)59-40(6,7)8)36-34(42)28(56-9)20-29(57-10)35(36)43/h11,13-14,19-21,24H,1,12,15-18,22-23H2,2-10H3,(H,47,52)(H,44,45,46). The number of halogens is 2. The van der Waals surface area contributed by atoms with Crippen LogP contribution in [0.1, 0.15) is 61.3 Å². The molecule has 2 N–H and O–H groups in total. The van der Waals surface area contributed by atoms with Crippen molar-refractivity contribution in [1.82, 2.24) is 14.9 Å². The Kier molecular flexibility index (Phi) is 13.6. The zero-order valence-corrected chi connectivity index (χ0v) is 36.4. The molecular weight excluding hydrogens is 803 g/mol. The maximum absolute atomic E-state index is 14.1. The van der Waals surface area contributed by atoms with Gasteiger partial charge in [-0.15, -0.1) is 0 Å². The van der Waals surface area contributed by atoms with Crippen LogP contribution in [0, 0.1) is 0 Å². The van der Waals surface area contributed by atoms with Crippen molar-refractivity contribution >= 4 is 81.6 Å². The largest absolute Gasteiger partial charge is 0.495 e. The molecule has 4 amide bonds. The van der Waals surface area contributed by atoms with Crippen molar-refractivity contribution in [2.24, 2.45) is 0 Å². The zero-order chi connectivity index (χ0) is 43.4. The Morgan fingerprint density at radius 1 is 0.915 bits per heavy atom. The van der Waals surface area contributed by atoms with Crippen LogP contribution in [0.3, 0.4) is 0 Å². The molecule has 0 radical (unpaired) electrons. The molecule has 1 aliphatic carbocycles. The van der Waals surface area contributed by atoms with Crippen LogP contribution in [0.2, 0.25) is 10.0 Å². The first kappa shape index (κ1) is 44.8. The van der Waals surface area contributed by atoms with Crippen LogP contribution in [0.25, 0.3) is 0 Å². The summed E-state index contributed by atoms with van der Waals surface area (Å²) >= 11 is 13.3. The van der Waals surface area contributed by atoms with E-state index in [-0.39, 0.29) is 50.1 Å². The average molecular weight is 856 g/mol. The Hall–Kier alpha value is -5.32. The Balaban J connectivity index is 1.52. The number of nitrogens with zero attached hydrogens (tertiary/aromatic N) is 6. The molecule has 5 rings (SSSR count). The number of hydrogen-bond acceptors (Lipinski definition) is 13. The Labute approximate surface area is 354 Å². The number of imide groups is 1. The van der Waals surface area contributed by atoms with Crippen molar-refractivity contribution in [3.63, 3.8) is 0 Å². The van der Waals surface area contributed by atoms with Crippen LogP contribution in [0.5, 0.6) is 11.5 Å². The lowest BCUT2D eigenvalue weighted by Gasteiger charge is -2.43. The number of anilines is 6. The third kappa shape index (κ3) is 10.5. The molecule has 0 unspecified atom stereocenters. The highest BCUT2D eigenvalue weighted by atomic mass is 35.5. The van der Waals surface area contributed by atoms with Gasteiger partial charge >= 0.3 is 12.2 Å². The van der Waals surface area contributed by atoms with Crippen LogP contribution in [0.15, 0.2) is 49.3 Å². The smallest absolute Gasteiger partial charge is 0.421 e. The number of rotatable bonds is 12. The maximum Gasteiger partial charge on any atom is 0.421 e. The number of aromatic nitrogens is 2. The molecular formula is C41H52Cl2N8O8. The summed E-state index contributed by atoms with van der Waals surface area (Å²) in [4.78, 5) is 70.0. The summed E-state index contributed by atoms with van der Waals surface area (Å²) in [6, 6.07) is 8.26. The molecule has 59 heavy (non-hydrogen) atoms. The maximum atomic E-state index is 14.1. The van der Waals surface area contributed by atoms with Gasteiger partial charge in [0.05, 0.1) is 32.1 Å². The predicted molar refractivity (Wildman–Crippen MR) is 229 cm³/mol. The number of ether oxygens (including phenoxy) is 4. The van der Waals surface area contributed by atoms with Crippen molar-refractivity contribution in [3.05, 3.63) is 59.4 Å². The van der Waals surface area contributed by atoms with Gasteiger partial charge in [0, 0.05) is 43.0 Å². The molecule has 2 fully saturated rings. The molecule has 18 heteroatoms. The number of carbonyl (C=O) groups is 4. The van der Waals surface area contributed by atoms with Crippen LogP contribution in [0.4, 0.5) is 44.0 Å². The molecule has 16 nitrogen and oxygen atoms in total. The number of benzene rings is 2. The number of carbonyl (C=O) groups excluding carboxylic acids is 4. The van der Waals surface area contributed by atoms with Gasteiger partial charge in [0.2, 0.25) is 5.91 Å². The van der Waals surface area contributed by atoms with Crippen LogP contribution >= 0.6 is 23.2 Å². The van der Waals surface area contributed by atoms with Crippen molar-refractivity contribution in [3.8, 4) is 11.5 Å². The molecule has 2 heterocycles. The van der Waals surface area contributed by atoms with E-state index in [2.05, 4.69) is 43.9 Å². The number of nitrogens with one attached hydrogen (secondary N) is 2. The lowest BCUT2D eigenvalue weighted by molar-refractivity contribution is -0.116. The molecule has 1 spiro atoms. The predicted octanol–water partition coefficient (Wildman–Crippen LogP) is 8.05. The Morgan fingerprint density at radius 2 is 1.54 bits per heavy atom. The van der Waals surface area contributed by atoms with Gasteiger partial charge in [0.15, 0.2) is 0 Å². The molecule has 2 aromatic carbocycles. The van der Waals surface area contributed by atoms with Gasteiger partial charge in [0.1, 0.15) is 56.4 Å². The van der Waals surface area contributed by atoms with Gasteiger partial charge in [-0.1, -0.05) is 36.7 Å². The summed E-state index contributed by atoms with van der Waals surface area (Å²) in [5.41, 5.74) is -0.599. The van der Waals surface area contributed by atoms with Crippen molar-refractivity contribution in [2.45, 2.75) is 78.0 Å². The summed E-state index contributed by atoms with van der Waals surface area (Å²) in [5.74, 6) is -1.05. The zero-order valence-electron chi connectivity index (χ0n) is 34.9. The first-order valence-electron chi connectivity index (χ1n) is 19.1. The second-order valence-electron chi connectivity index (χ2n) is 16.0. The topological polar surface area (TPSA) is 168 Å². The molecule has 1 saturated heterocycles. The summed E-state index contributed by atoms with van der Waals surface area (Å²) in [6.07, 6.45) is 2.69. The number of amides is 4. The van der Waals surface area contributed by atoms with Crippen molar-refractivity contribution in [2.75, 3.05) is 72.3 Å². The van der Waals surface area contributed by atoms with E-state index in [1.165, 1.54) is 37.6 Å². The van der Waals surface area contributed by atoms with E-state index in [1.807, 2.05) is 12.1 Å². The number of likely N-dealkylation sites (N-methyl/N-ethyl adjacent to an activating group) is 1.